The lowest BCUT2D eigenvalue weighted by Crippen LogP contribution is -2.39. The van der Waals surface area contributed by atoms with Crippen molar-refractivity contribution in [2.75, 3.05) is 45.9 Å². The van der Waals surface area contributed by atoms with E-state index in [1.165, 1.54) is 25.7 Å². The molecule has 0 bridgehead atoms. The number of rotatable bonds is 11. The van der Waals surface area contributed by atoms with Gasteiger partial charge in [-0.25, -0.2) is 0 Å². The molecule has 0 aromatic carbocycles. The molecule has 0 amide bonds. The summed E-state index contributed by atoms with van der Waals surface area (Å²) >= 11 is 0. The molecule has 1 saturated heterocycles. The minimum atomic E-state index is 0. The Hall–Kier alpha value is -0.800. The van der Waals surface area contributed by atoms with Crippen LogP contribution < -0.4 is 10.6 Å². The summed E-state index contributed by atoms with van der Waals surface area (Å²) in [5.41, 5.74) is 0. The zero-order valence-corrected chi connectivity index (χ0v) is 19.7. The molecule has 28 heavy (non-hydrogen) atoms. The summed E-state index contributed by atoms with van der Waals surface area (Å²) in [5, 5.41) is 6.79. The summed E-state index contributed by atoms with van der Waals surface area (Å²) in [7, 11) is 0. The van der Waals surface area contributed by atoms with Crippen molar-refractivity contribution in [1.82, 2.24) is 15.5 Å². The van der Waals surface area contributed by atoms with E-state index in [-0.39, 0.29) is 30.0 Å². The first-order valence-corrected chi connectivity index (χ1v) is 10.7. The third-order valence-corrected chi connectivity index (χ3v) is 5.25. The van der Waals surface area contributed by atoms with Crippen LogP contribution in [0.3, 0.4) is 0 Å². The van der Waals surface area contributed by atoms with Crippen LogP contribution in [0.2, 0.25) is 0 Å². The van der Waals surface area contributed by atoms with Gasteiger partial charge in [0.2, 0.25) is 0 Å². The number of likely N-dealkylation sites (tertiary alicyclic amines) is 1. The molecule has 3 rings (SSSR count). The molecule has 1 aliphatic heterocycles. The minimum Gasteiger partial charge on any atom is -0.465 e. The highest BCUT2D eigenvalue weighted by molar-refractivity contribution is 14.0. The summed E-state index contributed by atoms with van der Waals surface area (Å²) < 4.78 is 11.6. The van der Waals surface area contributed by atoms with Gasteiger partial charge in [-0.05, 0) is 77.1 Å². The van der Waals surface area contributed by atoms with Crippen molar-refractivity contribution < 1.29 is 9.15 Å². The number of nitrogens with zero attached hydrogens (tertiary/aromatic N) is 2. The molecule has 1 aromatic rings. The van der Waals surface area contributed by atoms with Crippen molar-refractivity contribution in [2.24, 2.45) is 10.9 Å². The van der Waals surface area contributed by atoms with E-state index in [9.17, 15) is 0 Å². The number of hydrogen-bond acceptors (Lipinski definition) is 4. The molecule has 2 fully saturated rings. The molecule has 1 unspecified atom stereocenters. The van der Waals surface area contributed by atoms with Gasteiger partial charge in [-0.1, -0.05) is 0 Å². The van der Waals surface area contributed by atoms with E-state index in [1.807, 2.05) is 13.0 Å². The maximum absolute atomic E-state index is 5.93. The van der Waals surface area contributed by atoms with Crippen LogP contribution in [0.15, 0.2) is 21.5 Å². The lowest BCUT2D eigenvalue weighted by molar-refractivity contribution is 0.123. The van der Waals surface area contributed by atoms with Gasteiger partial charge in [0.25, 0.3) is 0 Å². The smallest absolute Gasteiger partial charge is 0.191 e. The monoisotopic (exact) mass is 504 g/mol. The molecule has 0 spiro atoms. The van der Waals surface area contributed by atoms with E-state index in [4.69, 9.17) is 14.1 Å². The number of nitrogens with one attached hydrogen (secondary N) is 2. The average Bonchev–Trinajstić information content (AvgIpc) is 3.13. The van der Waals surface area contributed by atoms with E-state index in [2.05, 4.69) is 28.5 Å². The van der Waals surface area contributed by atoms with Crippen LogP contribution >= 0.6 is 24.0 Å². The Balaban J connectivity index is 0.00000280. The predicted octanol–water partition coefficient (Wildman–Crippen LogP) is 3.71. The third-order valence-electron chi connectivity index (χ3n) is 5.25. The first-order valence-electron chi connectivity index (χ1n) is 10.7. The first kappa shape index (κ1) is 23.5. The van der Waals surface area contributed by atoms with Crippen molar-refractivity contribution in [3.05, 3.63) is 23.7 Å². The fourth-order valence-corrected chi connectivity index (χ4v) is 3.51. The lowest BCUT2D eigenvalue weighted by atomic mass is 10.2. The topological polar surface area (TPSA) is 62.0 Å². The highest BCUT2D eigenvalue weighted by atomic mass is 127. The van der Waals surface area contributed by atoms with Crippen molar-refractivity contribution in [3.8, 4) is 0 Å². The van der Waals surface area contributed by atoms with E-state index < -0.39 is 0 Å². The molecule has 1 atom stereocenters. The van der Waals surface area contributed by atoms with E-state index in [0.29, 0.717) is 6.54 Å². The highest BCUT2D eigenvalue weighted by Crippen LogP contribution is 2.29. The van der Waals surface area contributed by atoms with Crippen LogP contribution in [-0.2, 0) is 4.74 Å². The van der Waals surface area contributed by atoms with Gasteiger partial charge in [0.15, 0.2) is 5.96 Å². The molecular weight excluding hydrogens is 467 g/mol. The number of aliphatic imine (C=N–C) groups is 1. The largest absolute Gasteiger partial charge is 0.465 e. The van der Waals surface area contributed by atoms with Crippen LogP contribution in [0.1, 0.15) is 56.6 Å². The van der Waals surface area contributed by atoms with Crippen LogP contribution in [0, 0.1) is 12.8 Å². The second-order valence-corrected chi connectivity index (χ2v) is 7.73. The normalized spacial score (nSPS) is 18.7. The quantitative estimate of drug-likeness (QED) is 0.208. The molecule has 2 N–H and O–H groups in total. The number of furan rings is 1. The lowest BCUT2D eigenvalue weighted by Gasteiger charge is -2.24. The molecule has 0 radical (unpaired) electrons. The zero-order valence-electron chi connectivity index (χ0n) is 17.4. The second-order valence-electron chi connectivity index (χ2n) is 7.73. The summed E-state index contributed by atoms with van der Waals surface area (Å²) in [5.74, 6) is 3.72. The molecule has 1 saturated carbocycles. The van der Waals surface area contributed by atoms with Crippen molar-refractivity contribution in [2.45, 2.75) is 52.0 Å². The number of guanidine groups is 1. The van der Waals surface area contributed by atoms with Crippen LogP contribution in [0.4, 0.5) is 0 Å². The van der Waals surface area contributed by atoms with E-state index in [0.717, 1.165) is 69.2 Å². The Bertz CT molecular complexity index is 583. The summed E-state index contributed by atoms with van der Waals surface area (Å²) in [6.07, 6.45) is 6.23. The first-order chi connectivity index (χ1) is 13.3. The Morgan fingerprint density at radius 1 is 1.29 bits per heavy atom. The molecule has 1 aliphatic carbocycles. The van der Waals surface area contributed by atoms with Gasteiger partial charge in [0.1, 0.15) is 11.5 Å². The Labute approximate surface area is 186 Å². The van der Waals surface area contributed by atoms with Gasteiger partial charge in [0.05, 0.1) is 12.6 Å². The van der Waals surface area contributed by atoms with E-state index >= 15 is 0 Å². The minimum absolute atomic E-state index is 0. The van der Waals surface area contributed by atoms with Gasteiger partial charge in [-0.15, -0.1) is 24.0 Å². The second kappa shape index (κ2) is 12.7. The molecule has 2 heterocycles. The maximum atomic E-state index is 5.93. The third kappa shape index (κ3) is 7.91. The van der Waals surface area contributed by atoms with Crippen molar-refractivity contribution in [1.29, 1.82) is 0 Å². The molecule has 6 nitrogen and oxygen atoms in total. The molecule has 1 aromatic heterocycles. The van der Waals surface area contributed by atoms with Gasteiger partial charge >= 0.3 is 0 Å². The molecule has 7 heteroatoms. The number of hydrogen-bond donors (Lipinski definition) is 2. The van der Waals surface area contributed by atoms with Gasteiger partial charge in [-0.3, -0.25) is 9.89 Å². The van der Waals surface area contributed by atoms with Crippen LogP contribution in [0.5, 0.6) is 0 Å². The Morgan fingerprint density at radius 2 is 2.07 bits per heavy atom. The van der Waals surface area contributed by atoms with Crippen LogP contribution in [0.25, 0.3) is 0 Å². The Morgan fingerprint density at radius 3 is 2.71 bits per heavy atom. The fraction of sp³-hybridized carbons (Fsp3) is 0.762. The number of ether oxygens (including phenoxy) is 1. The van der Waals surface area contributed by atoms with Gasteiger partial charge in [-0.2, -0.15) is 0 Å². The van der Waals surface area contributed by atoms with Crippen molar-refractivity contribution >= 4 is 29.9 Å². The SMILES string of the molecule is CCNC(=NCC(c1ccc(C)o1)N1CCCC1)NCCCOCC1CC1.I. The summed E-state index contributed by atoms with van der Waals surface area (Å²) in [6.45, 7) is 10.6. The van der Waals surface area contributed by atoms with E-state index in [1.54, 1.807) is 0 Å². The van der Waals surface area contributed by atoms with Crippen molar-refractivity contribution in [3.63, 3.8) is 0 Å². The van der Waals surface area contributed by atoms with Gasteiger partial charge in [0, 0.05) is 26.3 Å². The molecule has 160 valence electrons. The summed E-state index contributed by atoms with van der Waals surface area (Å²) in [6, 6.07) is 4.37. The average molecular weight is 504 g/mol. The maximum Gasteiger partial charge on any atom is 0.191 e. The number of halogens is 1. The zero-order chi connectivity index (χ0) is 18.9. The molecular formula is C21H37IN4O2. The Kier molecular flexibility index (Phi) is 10.6. The van der Waals surface area contributed by atoms with Gasteiger partial charge < -0.3 is 19.8 Å². The summed E-state index contributed by atoms with van der Waals surface area (Å²) in [4.78, 5) is 7.35. The highest BCUT2D eigenvalue weighted by Gasteiger charge is 2.26. The fourth-order valence-electron chi connectivity index (χ4n) is 3.51. The number of aryl methyl sites for hydroxylation is 1. The van der Waals surface area contributed by atoms with Crippen LogP contribution in [-0.4, -0.2) is 56.8 Å². The predicted molar refractivity (Wildman–Crippen MR) is 125 cm³/mol. The molecule has 2 aliphatic rings. The standard InChI is InChI=1S/C21H36N4O2.HI/c1-3-22-21(23-11-6-14-26-16-18-8-9-18)24-15-19(25-12-4-5-13-25)20-10-7-17(2)27-20;/h7,10,18-19H,3-6,8-9,11-16H2,1-2H3,(H2,22,23,24);1H.